The van der Waals surface area contributed by atoms with Gasteiger partial charge in [-0.15, -0.1) is 0 Å². The van der Waals surface area contributed by atoms with Crippen molar-refractivity contribution in [1.82, 2.24) is 0 Å². The topological polar surface area (TPSA) is 9.23 Å². The number of unbranched alkanes of at least 4 members (excludes halogenated alkanes) is 9. The highest BCUT2D eigenvalue weighted by Crippen LogP contribution is 2.18. The van der Waals surface area contributed by atoms with E-state index in [2.05, 4.69) is 58.3 Å². The molecule has 2 nitrogen and oxygen atoms in total. The summed E-state index contributed by atoms with van der Waals surface area (Å²) in [5.74, 6) is 1.01. The molecule has 0 saturated heterocycles. The Morgan fingerprint density at radius 1 is 0.778 bits per heavy atom. The van der Waals surface area contributed by atoms with Crippen molar-refractivity contribution >= 4 is 0 Å². The van der Waals surface area contributed by atoms with Gasteiger partial charge in [0.25, 0.3) is 0 Å². The first-order valence-electron chi connectivity index (χ1n) is 11.1. The Morgan fingerprint density at radius 2 is 1.30 bits per heavy atom. The molecule has 1 atom stereocenters. The SMILES string of the molecule is CCCCCCCCCCCCC(C[N+](C)(C)CC)Oc1ccccc1.[Br-]. The second kappa shape index (κ2) is 16.4. The maximum Gasteiger partial charge on any atom is 0.147 e. The molecule has 1 aromatic rings. The largest absolute Gasteiger partial charge is 1.00 e. The van der Waals surface area contributed by atoms with Gasteiger partial charge in [0.2, 0.25) is 0 Å². The lowest BCUT2D eigenvalue weighted by atomic mass is 10.0. The van der Waals surface area contributed by atoms with E-state index in [1.807, 2.05) is 0 Å². The number of hydrogen-bond donors (Lipinski definition) is 0. The van der Waals surface area contributed by atoms with Gasteiger partial charge in [-0.3, -0.25) is 0 Å². The Hall–Kier alpha value is -0.540. The molecule has 0 amide bonds. The predicted octanol–water partition coefficient (Wildman–Crippen LogP) is 3.85. The second-order valence-electron chi connectivity index (χ2n) is 8.46. The summed E-state index contributed by atoms with van der Waals surface area (Å²) in [7, 11) is 4.61. The number of rotatable bonds is 16. The molecule has 1 unspecified atom stereocenters. The fourth-order valence-electron chi connectivity index (χ4n) is 3.42. The highest BCUT2D eigenvalue weighted by atomic mass is 79.9. The first-order valence-corrected chi connectivity index (χ1v) is 11.1. The number of quaternary nitrogens is 1. The van der Waals surface area contributed by atoms with Crippen LogP contribution in [0.25, 0.3) is 0 Å². The van der Waals surface area contributed by atoms with E-state index in [0.717, 1.165) is 23.3 Å². The zero-order valence-corrected chi connectivity index (χ0v) is 20.0. The van der Waals surface area contributed by atoms with Crippen LogP contribution in [0.1, 0.15) is 84.5 Å². The van der Waals surface area contributed by atoms with E-state index in [9.17, 15) is 0 Å². The van der Waals surface area contributed by atoms with Gasteiger partial charge >= 0.3 is 0 Å². The van der Waals surface area contributed by atoms with Crippen molar-refractivity contribution in [1.29, 1.82) is 0 Å². The lowest BCUT2D eigenvalue weighted by molar-refractivity contribution is -0.891. The van der Waals surface area contributed by atoms with Crippen molar-refractivity contribution in [3.63, 3.8) is 0 Å². The number of halogens is 1. The van der Waals surface area contributed by atoms with Crippen LogP contribution in [-0.4, -0.2) is 37.8 Å². The standard InChI is InChI=1S/C24H44NO.BrH/c1-5-7-8-9-10-11-12-13-14-16-21-24(22-25(3,4)6-2)26-23-19-17-15-18-20-23;/h15,17-20,24H,5-14,16,21-22H2,1-4H3;1H/q+1;/p-1. The summed E-state index contributed by atoms with van der Waals surface area (Å²) >= 11 is 0. The summed E-state index contributed by atoms with van der Waals surface area (Å²) in [6.45, 7) is 6.78. The summed E-state index contributed by atoms with van der Waals surface area (Å²) in [6, 6.07) is 10.3. The molecule has 0 bridgehead atoms. The van der Waals surface area contributed by atoms with Gasteiger partial charge < -0.3 is 26.2 Å². The van der Waals surface area contributed by atoms with Crippen LogP contribution < -0.4 is 21.7 Å². The normalized spacial score (nSPS) is 12.4. The summed E-state index contributed by atoms with van der Waals surface area (Å²) in [4.78, 5) is 0. The monoisotopic (exact) mass is 441 g/mol. The molecular formula is C24H44BrNO. The second-order valence-corrected chi connectivity index (χ2v) is 8.46. The molecule has 0 aromatic heterocycles. The summed E-state index contributed by atoms with van der Waals surface area (Å²) in [6.07, 6.45) is 15.4. The molecule has 0 aliphatic carbocycles. The molecular weight excluding hydrogens is 398 g/mol. The van der Waals surface area contributed by atoms with Gasteiger partial charge in [0.05, 0.1) is 20.6 Å². The van der Waals surface area contributed by atoms with Gasteiger partial charge in [-0.2, -0.15) is 0 Å². The molecule has 27 heavy (non-hydrogen) atoms. The smallest absolute Gasteiger partial charge is 0.147 e. The van der Waals surface area contributed by atoms with Crippen LogP contribution in [0.3, 0.4) is 0 Å². The Labute approximate surface area is 180 Å². The Kier molecular flexibility index (Phi) is 16.1. The first-order chi connectivity index (χ1) is 12.6. The average Bonchev–Trinajstić information content (AvgIpc) is 2.63. The van der Waals surface area contributed by atoms with Crippen molar-refractivity contribution < 1.29 is 26.2 Å². The van der Waals surface area contributed by atoms with Crippen molar-refractivity contribution in [2.24, 2.45) is 0 Å². The van der Waals surface area contributed by atoms with E-state index in [1.165, 1.54) is 70.6 Å². The van der Waals surface area contributed by atoms with Crippen LogP contribution in [0.15, 0.2) is 30.3 Å². The van der Waals surface area contributed by atoms with Gasteiger partial charge in [0.15, 0.2) is 0 Å². The lowest BCUT2D eigenvalue weighted by Crippen LogP contribution is -3.00. The molecule has 0 aliphatic rings. The van der Waals surface area contributed by atoms with Crippen LogP contribution in [0.4, 0.5) is 0 Å². The van der Waals surface area contributed by atoms with E-state index in [1.54, 1.807) is 0 Å². The Morgan fingerprint density at radius 3 is 1.81 bits per heavy atom. The lowest BCUT2D eigenvalue weighted by Gasteiger charge is -2.32. The van der Waals surface area contributed by atoms with Gasteiger partial charge in [-0.25, -0.2) is 0 Å². The van der Waals surface area contributed by atoms with E-state index < -0.39 is 0 Å². The highest BCUT2D eigenvalue weighted by Gasteiger charge is 2.21. The molecule has 0 N–H and O–H groups in total. The third-order valence-corrected chi connectivity index (χ3v) is 5.48. The summed E-state index contributed by atoms with van der Waals surface area (Å²) < 4.78 is 7.34. The third kappa shape index (κ3) is 14.2. The maximum absolute atomic E-state index is 6.32. The minimum Gasteiger partial charge on any atom is -1.00 e. The molecule has 3 heteroatoms. The van der Waals surface area contributed by atoms with Crippen LogP contribution >= 0.6 is 0 Å². The molecule has 1 aromatic carbocycles. The van der Waals surface area contributed by atoms with Gasteiger partial charge in [-0.05, 0) is 31.9 Å². The fraction of sp³-hybridized carbons (Fsp3) is 0.750. The van der Waals surface area contributed by atoms with E-state index in [-0.39, 0.29) is 17.0 Å². The minimum atomic E-state index is 0. The molecule has 0 heterocycles. The van der Waals surface area contributed by atoms with E-state index in [0.29, 0.717) is 6.10 Å². The van der Waals surface area contributed by atoms with Crippen molar-refractivity contribution in [3.05, 3.63) is 30.3 Å². The van der Waals surface area contributed by atoms with Gasteiger partial charge in [0, 0.05) is 0 Å². The van der Waals surface area contributed by atoms with Crippen LogP contribution in [-0.2, 0) is 0 Å². The number of ether oxygens (including phenoxy) is 1. The van der Waals surface area contributed by atoms with Gasteiger partial charge in [-0.1, -0.05) is 82.9 Å². The maximum atomic E-state index is 6.32. The zero-order chi connectivity index (χ0) is 19.1. The van der Waals surface area contributed by atoms with Gasteiger partial charge in [0.1, 0.15) is 18.4 Å². The Bertz CT molecular complexity index is 435. The van der Waals surface area contributed by atoms with E-state index in [4.69, 9.17) is 4.74 Å². The van der Waals surface area contributed by atoms with Crippen LogP contribution in [0, 0.1) is 0 Å². The quantitative estimate of drug-likeness (QED) is 0.279. The number of benzene rings is 1. The molecule has 0 aliphatic heterocycles. The summed E-state index contributed by atoms with van der Waals surface area (Å²) in [5, 5.41) is 0. The van der Waals surface area contributed by atoms with Crippen molar-refractivity contribution in [3.8, 4) is 5.75 Å². The molecule has 0 saturated carbocycles. The average molecular weight is 443 g/mol. The Balaban J connectivity index is 0.00000676. The number of likely N-dealkylation sites (N-methyl/N-ethyl adjacent to an activating group) is 1. The number of nitrogens with zero attached hydrogens (tertiary/aromatic N) is 1. The highest BCUT2D eigenvalue weighted by molar-refractivity contribution is 5.21. The van der Waals surface area contributed by atoms with Crippen molar-refractivity contribution in [2.75, 3.05) is 27.2 Å². The summed E-state index contributed by atoms with van der Waals surface area (Å²) in [5.41, 5.74) is 0. The minimum absolute atomic E-state index is 0. The third-order valence-electron chi connectivity index (χ3n) is 5.48. The molecule has 0 radical (unpaired) electrons. The van der Waals surface area contributed by atoms with Crippen LogP contribution in [0.2, 0.25) is 0 Å². The molecule has 158 valence electrons. The fourth-order valence-corrected chi connectivity index (χ4v) is 3.42. The molecule has 0 spiro atoms. The molecule has 0 fully saturated rings. The van der Waals surface area contributed by atoms with Crippen LogP contribution in [0.5, 0.6) is 5.75 Å². The number of hydrogen-bond acceptors (Lipinski definition) is 1. The number of para-hydroxylation sites is 1. The predicted molar refractivity (Wildman–Crippen MR) is 115 cm³/mol. The van der Waals surface area contributed by atoms with E-state index >= 15 is 0 Å². The zero-order valence-electron chi connectivity index (χ0n) is 18.4. The first kappa shape index (κ1) is 26.5. The van der Waals surface area contributed by atoms with Crippen molar-refractivity contribution in [2.45, 2.75) is 90.6 Å². The molecule has 1 rings (SSSR count).